The first-order chi connectivity index (χ1) is 8.89. The van der Waals surface area contributed by atoms with Crippen LogP contribution in [0.2, 0.25) is 0 Å². The summed E-state index contributed by atoms with van der Waals surface area (Å²) in [5.74, 6) is -0.0665. The quantitative estimate of drug-likeness (QED) is 0.719. The van der Waals surface area contributed by atoms with Crippen molar-refractivity contribution in [3.8, 4) is 0 Å². The molecule has 4 heteroatoms. The number of sulfone groups is 1. The summed E-state index contributed by atoms with van der Waals surface area (Å²) < 4.78 is 30.7. The minimum absolute atomic E-state index is 0.0665. The Balaban J connectivity index is 2.96. The van der Waals surface area contributed by atoms with E-state index in [1.54, 1.807) is 12.1 Å². The van der Waals surface area contributed by atoms with Gasteiger partial charge in [0.15, 0.2) is 5.44 Å². The molecule has 1 aromatic rings. The van der Waals surface area contributed by atoms with E-state index in [-0.39, 0.29) is 5.92 Å². The zero-order valence-electron chi connectivity index (χ0n) is 12.2. The van der Waals surface area contributed by atoms with E-state index in [4.69, 9.17) is 4.74 Å². The summed E-state index contributed by atoms with van der Waals surface area (Å²) in [7, 11) is -3.42. The molecule has 0 radical (unpaired) electrons. The van der Waals surface area contributed by atoms with E-state index in [0.717, 1.165) is 18.4 Å². The number of benzene rings is 1. The molecule has 0 heterocycles. The Morgan fingerprint density at radius 3 is 2.21 bits per heavy atom. The highest BCUT2D eigenvalue weighted by atomic mass is 32.2. The molecule has 1 rings (SSSR count). The fourth-order valence-corrected chi connectivity index (χ4v) is 3.62. The molecule has 0 aromatic heterocycles. The predicted molar refractivity (Wildman–Crippen MR) is 77.9 cm³/mol. The van der Waals surface area contributed by atoms with Gasteiger partial charge in [-0.05, 0) is 31.4 Å². The summed E-state index contributed by atoms with van der Waals surface area (Å²) in [4.78, 5) is 0.341. The normalized spacial score (nSPS) is 13.7. The monoisotopic (exact) mass is 284 g/mol. The predicted octanol–water partition coefficient (Wildman–Crippen LogP) is 3.57. The topological polar surface area (TPSA) is 43.4 Å². The van der Waals surface area contributed by atoms with Crippen LogP contribution in [0.5, 0.6) is 0 Å². The lowest BCUT2D eigenvalue weighted by molar-refractivity contribution is 0.0743. The van der Waals surface area contributed by atoms with E-state index in [2.05, 4.69) is 6.92 Å². The molecule has 19 heavy (non-hydrogen) atoms. The van der Waals surface area contributed by atoms with E-state index in [9.17, 15) is 8.42 Å². The van der Waals surface area contributed by atoms with Crippen LogP contribution in [0, 0.1) is 12.8 Å². The molecule has 0 fully saturated rings. The van der Waals surface area contributed by atoms with Gasteiger partial charge < -0.3 is 4.74 Å². The standard InChI is InChI=1S/C15H24O3S/c1-5-6-11-18-15(12(2)3)19(16,17)14-9-7-13(4)8-10-14/h7-10,12,15H,5-6,11H2,1-4H3. The fourth-order valence-electron chi connectivity index (χ4n) is 1.85. The van der Waals surface area contributed by atoms with Gasteiger partial charge in [0.2, 0.25) is 9.84 Å². The summed E-state index contributed by atoms with van der Waals surface area (Å²) in [5.41, 5.74) is 0.286. The molecule has 108 valence electrons. The molecule has 0 amide bonds. The van der Waals surface area contributed by atoms with Gasteiger partial charge in [0.1, 0.15) is 0 Å². The Kier molecular flexibility index (Phi) is 6.01. The Bertz CT molecular complexity index is 475. The molecule has 0 aliphatic carbocycles. The molecule has 1 unspecified atom stereocenters. The third-order valence-corrected chi connectivity index (χ3v) is 5.20. The third-order valence-electron chi connectivity index (χ3n) is 2.98. The van der Waals surface area contributed by atoms with Crippen molar-refractivity contribution in [2.24, 2.45) is 5.92 Å². The van der Waals surface area contributed by atoms with Crippen LogP contribution in [0.1, 0.15) is 39.2 Å². The second-order valence-electron chi connectivity index (χ2n) is 5.19. The van der Waals surface area contributed by atoms with Gasteiger partial charge in [-0.25, -0.2) is 8.42 Å². The van der Waals surface area contributed by atoms with Crippen molar-refractivity contribution in [1.82, 2.24) is 0 Å². The minimum atomic E-state index is -3.42. The van der Waals surface area contributed by atoms with Crippen LogP contribution in [0.3, 0.4) is 0 Å². The van der Waals surface area contributed by atoms with Gasteiger partial charge in [-0.2, -0.15) is 0 Å². The van der Waals surface area contributed by atoms with Crippen molar-refractivity contribution in [2.75, 3.05) is 6.61 Å². The molecule has 1 atom stereocenters. The Morgan fingerprint density at radius 1 is 1.16 bits per heavy atom. The van der Waals surface area contributed by atoms with Gasteiger partial charge in [-0.1, -0.05) is 44.9 Å². The van der Waals surface area contributed by atoms with Crippen LogP contribution in [0.25, 0.3) is 0 Å². The van der Waals surface area contributed by atoms with Crippen molar-refractivity contribution < 1.29 is 13.2 Å². The van der Waals surface area contributed by atoms with Crippen LogP contribution in [-0.4, -0.2) is 20.5 Å². The van der Waals surface area contributed by atoms with Crippen molar-refractivity contribution in [3.05, 3.63) is 29.8 Å². The maximum absolute atomic E-state index is 12.6. The molecular formula is C15H24O3S. The second-order valence-corrected chi connectivity index (χ2v) is 7.22. The smallest absolute Gasteiger partial charge is 0.205 e. The molecule has 0 saturated carbocycles. The number of hydrogen-bond acceptors (Lipinski definition) is 3. The van der Waals surface area contributed by atoms with Crippen LogP contribution >= 0.6 is 0 Å². The lowest BCUT2D eigenvalue weighted by Crippen LogP contribution is -2.30. The van der Waals surface area contributed by atoms with Crippen LogP contribution in [-0.2, 0) is 14.6 Å². The third kappa shape index (κ3) is 4.32. The van der Waals surface area contributed by atoms with Crippen LogP contribution in [0.4, 0.5) is 0 Å². The number of hydrogen-bond donors (Lipinski definition) is 0. The van der Waals surface area contributed by atoms with E-state index in [1.807, 2.05) is 32.9 Å². The van der Waals surface area contributed by atoms with E-state index >= 15 is 0 Å². The molecule has 0 saturated heterocycles. The second kappa shape index (κ2) is 7.06. The first-order valence-corrected chi connectivity index (χ1v) is 8.36. The summed E-state index contributed by atoms with van der Waals surface area (Å²) in [5, 5.41) is 0. The molecule has 0 spiro atoms. The molecule has 1 aromatic carbocycles. The molecule has 3 nitrogen and oxygen atoms in total. The summed E-state index contributed by atoms with van der Waals surface area (Å²) in [6.07, 6.45) is 1.88. The number of aryl methyl sites for hydroxylation is 1. The maximum Gasteiger partial charge on any atom is 0.205 e. The van der Waals surface area contributed by atoms with Gasteiger partial charge >= 0.3 is 0 Å². The summed E-state index contributed by atoms with van der Waals surface area (Å²) in [6, 6.07) is 6.94. The molecule has 0 aliphatic rings. The largest absolute Gasteiger partial charge is 0.362 e. The van der Waals surface area contributed by atoms with Gasteiger partial charge in [0.05, 0.1) is 4.90 Å². The highest BCUT2D eigenvalue weighted by Gasteiger charge is 2.30. The lowest BCUT2D eigenvalue weighted by Gasteiger charge is -2.22. The first kappa shape index (κ1) is 16.2. The highest BCUT2D eigenvalue weighted by molar-refractivity contribution is 7.92. The maximum atomic E-state index is 12.6. The molecular weight excluding hydrogens is 260 g/mol. The number of unbranched alkanes of at least 4 members (excludes halogenated alkanes) is 1. The lowest BCUT2D eigenvalue weighted by atomic mass is 10.2. The Labute approximate surface area is 116 Å². The zero-order chi connectivity index (χ0) is 14.5. The zero-order valence-corrected chi connectivity index (χ0v) is 13.0. The molecule has 0 bridgehead atoms. The van der Waals surface area contributed by atoms with E-state index < -0.39 is 15.3 Å². The minimum Gasteiger partial charge on any atom is -0.362 e. The summed E-state index contributed by atoms with van der Waals surface area (Å²) in [6.45, 7) is 8.24. The fraction of sp³-hybridized carbons (Fsp3) is 0.600. The summed E-state index contributed by atoms with van der Waals surface area (Å²) >= 11 is 0. The average Bonchev–Trinajstić information content (AvgIpc) is 2.34. The van der Waals surface area contributed by atoms with Crippen LogP contribution < -0.4 is 0 Å². The first-order valence-electron chi connectivity index (χ1n) is 6.81. The van der Waals surface area contributed by atoms with Crippen molar-refractivity contribution in [2.45, 2.75) is 50.9 Å². The Hall–Kier alpha value is -0.870. The highest BCUT2D eigenvalue weighted by Crippen LogP contribution is 2.23. The number of ether oxygens (including phenoxy) is 1. The van der Waals surface area contributed by atoms with Gasteiger partial charge in [0, 0.05) is 6.61 Å². The SMILES string of the molecule is CCCCOC(C(C)C)S(=O)(=O)c1ccc(C)cc1. The molecule has 0 aliphatic heterocycles. The van der Waals surface area contributed by atoms with Gasteiger partial charge in [-0.15, -0.1) is 0 Å². The van der Waals surface area contributed by atoms with Gasteiger partial charge in [0.25, 0.3) is 0 Å². The van der Waals surface area contributed by atoms with E-state index in [0.29, 0.717) is 11.5 Å². The Morgan fingerprint density at radius 2 is 1.74 bits per heavy atom. The number of rotatable bonds is 7. The van der Waals surface area contributed by atoms with Crippen molar-refractivity contribution in [3.63, 3.8) is 0 Å². The molecule has 0 N–H and O–H groups in total. The van der Waals surface area contributed by atoms with Crippen molar-refractivity contribution in [1.29, 1.82) is 0 Å². The van der Waals surface area contributed by atoms with Crippen molar-refractivity contribution >= 4 is 9.84 Å². The van der Waals surface area contributed by atoms with E-state index in [1.165, 1.54) is 0 Å². The average molecular weight is 284 g/mol. The van der Waals surface area contributed by atoms with Gasteiger partial charge in [-0.3, -0.25) is 0 Å². The van der Waals surface area contributed by atoms with Crippen LogP contribution in [0.15, 0.2) is 29.2 Å².